The standard InChI is InChI=1S/C20H41IOSi/c1-20(2)19-22-17-15-13-11-9-7-5-6-8-10-12-14-16-18-23(3,4)21/h1,5-19H2,2-4H3. The second-order valence-electron chi connectivity index (χ2n) is 7.72. The fourth-order valence-corrected chi connectivity index (χ4v) is 5.00. The average molecular weight is 453 g/mol. The summed E-state index contributed by atoms with van der Waals surface area (Å²) in [7, 11) is 0. The van der Waals surface area contributed by atoms with Gasteiger partial charge in [-0.25, -0.2) is 0 Å². The van der Waals surface area contributed by atoms with Crippen molar-refractivity contribution >= 4 is 27.4 Å². The van der Waals surface area contributed by atoms with Crippen LogP contribution < -0.4 is 0 Å². The van der Waals surface area contributed by atoms with Gasteiger partial charge in [-0.1, -0.05) is 95.9 Å². The van der Waals surface area contributed by atoms with Crippen LogP contribution in [0.2, 0.25) is 19.1 Å². The van der Waals surface area contributed by atoms with Crippen molar-refractivity contribution in [1.82, 2.24) is 0 Å². The largest absolute Gasteiger partial charge is 0.377 e. The van der Waals surface area contributed by atoms with Gasteiger partial charge in [0.1, 0.15) is 5.57 Å². The Morgan fingerprint density at radius 1 is 0.783 bits per heavy atom. The van der Waals surface area contributed by atoms with Crippen LogP contribution in [0.1, 0.15) is 84.0 Å². The number of rotatable bonds is 17. The van der Waals surface area contributed by atoms with E-state index in [0.29, 0.717) is 0 Å². The second kappa shape index (κ2) is 16.1. The summed E-state index contributed by atoms with van der Waals surface area (Å²) in [5, 5.41) is 0. The number of hydrogen-bond donors (Lipinski definition) is 0. The molecule has 0 heterocycles. The molecular formula is C20H41IOSi. The number of hydrogen-bond acceptors (Lipinski definition) is 1. The minimum atomic E-state index is -0.809. The maximum absolute atomic E-state index is 5.52. The van der Waals surface area contributed by atoms with Crippen molar-refractivity contribution in [3.63, 3.8) is 0 Å². The van der Waals surface area contributed by atoms with E-state index in [9.17, 15) is 0 Å². The maximum atomic E-state index is 5.52. The van der Waals surface area contributed by atoms with E-state index in [1.165, 1.54) is 83.1 Å². The summed E-state index contributed by atoms with van der Waals surface area (Å²) in [5.41, 5.74) is 0.317. The van der Waals surface area contributed by atoms with Crippen LogP contribution in [0.3, 0.4) is 0 Å². The molecule has 0 rings (SSSR count). The van der Waals surface area contributed by atoms with Gasteiger partial charge in [-0.3, -0.25) is 0 Å². The molecule has 0 unspecified atom stereocenters. The van der Waals surface area contributed by atoms with Crippen LogP contribution >= 0.6 is 21.8 Å². The van der Waals surface area contributed by atoms with Gasteiger partial charge in [-0.15, -0.1) is 21.8 Å². The van der Waals surface area contributed by atoms with Crippen molar-refractivity contribution in [1.29, 1.82) is 0 Å². The highest BCUT2D eigenvalue weighted by Crippen LogP contribution is 2.21. The van der Waals surface area contributed by atoms with Crippen molar-refractivity contribution < 1.29 is 4.74 Å². The van der Waals surface area contributed by atoms with E-state index in [1.54, 1.807) is 0 Å². The molecule has 0 saturated carbocycles. The van der Waals surface area contributed by atoms with Gasteiger partial charge < -0.3 is 4.74 Å². The molecule has 0 aromatic rings. The van der Waals surface area contributed by atoms with E-state index in [1.807, 2.05) is 6.92 Å². The van der Waals surface area contributed by atoms with E-state index < -0.39 is 5.57 Å². The summed E-state index contributed by atoms with van der Waals surface area (Å²) in [5.74, 6) is 0. The first-order valence-electron chi connectivity index (χ1n) is 9.83. The zero-order valence-corrected chi connectivity index (χ0v) is 19.3. The average Bonchev–Trinajstić information content (AvgIpc) is 2.45. The third-order valence-electron chi connectivity index (χ3n) is 4.16. The Labute approximate surface area is 160 Å². The molecule has 0 saturated heterocycles. The van der Waals surface area contributed by atoms with Gasteiger partial charge in [0.05, 0.1) is 6.61 Å². The lowest BCUT2D eigenvalue weighted by Crippen LogP contribution is -2.13. The zero-order valence-electron chi connectivity index (χ0n) is 16.1. The molecule has 23 heavy (non-hydrogen) atoms. The first-order valence-corrected chi connectivity index (χ1v) is 16.1. The van der Waals surface area contributed by atoms with E-state index >= 15 is 0 Å². The topological polar surface area (TPSA) is 9.23 Å². The Kier molecular flexibility index (Phi) is 16.6. The summed E-state index contributed by atoms with van der Waals surface area (Å²) in [6.07, 6.45) is 17.0. The van der Waals surface area contributed by atoms with Crippen LogP contribution in [0.5, 0.6) is 0 Å². The Morgan fingerprint density at radius 3 is 1.57 bits per heavy atom. The Balaban J connectivity index is 3.04. The zero-order chi connectivity index (χ0) is 17.4. The van der Waals surface area contributed by atoms with Gasteiger partial charge in [-0.2, -0.15) is 0 Å². The first-order chi connectivity index (χ1) is 10.9. The van der Waals surface area contributed by atoms with Crippen LogP contribution in [0.15, 0.2) is 12.2 Å². The third-order valence-corrected chi connectivity index (χ3v) is 7.32. The summed E-state index contributed by atoms with van der Waals surface area (Å²) >= 11 is 2.71. The third kappa shape index (κ3) is 22.6. The Hall–Kier alpha value is 0.647. The Morgan fingerprint density at radius 2 is 1.17 bits per heavy atom. The molecule has 0 spiro atoms. The molecule has 0 radical (unpaired) electrons. The molecule has 138 valence electrons. The van der Waals surface area contributed by atoms with Crippen molar-refractivity contribution in [2.24, 2.45) is 0 Å². The highest BCUT2D eigenvalue weighted by molar-refractivity contribution is 14.1. The van der Waals surface area contributed by atoms with Gasteiger partial charge in [0.15, 0.2) is 0 Å². The highest BCUT2D eigenvalue weighted by atomic mass is 127. The highest BCUT2D eigenvalue weighted by Gasteiger charge is 2.14. The molecule has 0 fully saturated rings. The van der Waals surface area contributed by atoms with Gasteiger partial charge in [-0.05, 0) is 19.4 Å². The fourth-order valence-electron chi connectivity index (χ4n) is 2.76. The maximum Gasteiger partial charge on any atom is 0.119 e. The van der Waals surface area contributed by atoms with Crippen molar-refractivity contribution in [3.8, 4) is 0 Å². The predicted molar refractivity (Wildman–Crippen MR) is 117 cm³/mol. The normalized spacial score (nSPS) is 11.8. The predicted octanol–water partition coefficient (Wildman–Crippen LogP) is 7.90. The molecule has 0 aromatic heterocycles. The van der Waals surface area contributed by atoms with Crippen LogP contribution in [0.25, 0.3) is 0 Å². The first kappa shape index (κ1) is 23.6. The summed E-state index contributed by atoms with van der Waals surface area (Å²) in [6.45, 7) is 12.5. The number of halogens is 1. The minimum absolute atomic E-state index is 0.734. The lowest BCUT2D eigenvalue weighted by Gasteiger charge is -2.12. The molecule has 0 aliphatic heterocycles. The van der Waals surface area contributed by atoms with Crippen molar-refractivity contribution in [2.45, 2.75) is 103 Å². The van der Waals surface area contributed by atoms with Gasteiger partial charge in [0.25, 0.3) is 0 Å². The van der Waals surface area contributed by atoms with E-state index in [-0.39, 0.29) is 0 Å². The quantitative estimate of drug-likeness (QED) is 0.0716. The van der Waals surface area contributed by atoms with Gasteiger partial charge in [0.2, 0.25) is 0 Å². The van der Waals surface area contributed by atoms with Crippen molar-refractivity contribution in [2.75, 3.05) is 13.2 Å². The SMILES string of the molecule is C=C(C)COCCCCCCCCCCCCCC[Si](C)(C)I. The monoisotopic (exact) mass is 452 g/mol. The van der Waals surface area contributed by atoms with Crippen LogP contribution in [0.4, 0.5) is 0 Å². The van der Waals surface area contributed by atoms with Crippen molar-refractivity contribution in [3.05, 3.63) is 12.2 Å². The lowest BCUT2D eigenvalue weighted by molar-refractivity contribution is 0.151. The molecule has 1 nitrogen and oxygen atoms in total. The number of unbranched alkanes of at least 4 members (excludes halogenated alkanes) is 11. The molecule has 0 aromatic carbocycles. The molecule has 0 amide bonds. The molecule has 0 atom stereocenters. The Bertz CT molecular complexity index is 273. The minimum Gasteiger partial charge on any atom is -0.377 e. The molecule has 0 aliphatic rings. The van der Waals surface area contributed by atoms with E-state index in [2.05, 4.69) is 41.5 Å². The van der Waals surface area contributed by atoms with Crippen LogP contribution in [0, 0.1) is 0 Å². The number of ether oxygens (including phenoxy) is 1. The van der Waals surface area contributed by atoms with Gasteiger partial charge >= 0.3 is 0 Å². The van der Waals surface area contributed by atoms with E-state index in [4.69, 9.17) is 4.74 Å². The summed E-state index contributed by atoms with van der Waals surface area (Å²) in [6, 6.07) is 1.51. The fraction of sp³-hybridized carbons (Fsp3) is 0.900. The summed E-state index contributed by atoms with van der Waals surface area (Å²) < 4.78 is 5.52. The molecular weight excluding hydrogens is 411 g/mol. The van der Waals surface area contributed by atoms with E-state index in [0.717, 1.165) is 18.8 Å². The smallest absolute Gasteiger partial charge is 0.119 e. The molecule has 3 heteroatoms. The molecule has 0 aliphatic carbocycles. The lowest BCUT2D eigenvalue weighted by atomic mass is 10.1. The second-order valence-corrected chi connectivity index (χ2v) is 20.4. The van der Waals surface area contributed by atoms with Gasteiger partial charge in [0, 0.05) is 6.61 Å². The van der Waals surface area contributed by atoms with Crippen LogP contribution in [-0.2, 0) is 4.74 Å². The molecule has 0 bridgehead atoms. The summed E-state index contributed by atoms with van der Waals surface area (Å²) in [4.78, 5) is 0. The molecule has 0 N–H and O–H groups in total. The van der Waals surface area contributed by atoms with Crippen LogP contribution in [-0.4, -0.2) is 18.8 Å².